The molecule has 0 amide bonds. The minimum absolute atomic E-state index is 0.0987. The highest BCUT2D eigenvalue weighted by molar-refractivity contribution is 5.95. The van der Waals surface area contributed by atoms with Crippen molar-refractivity contribution in [1.82, 2.24) is 9.97 Å². The number of hydrogen-bond acceptors (Lipinski definition) is 4. The van der Waals surface area contributed by atoms with Crippen LogP contribution in [0.3, 0.4) is 0 Å². The summed E-state index contributed by atoms with van der Waals surface area (Å²) in [7, 11) is 0. The van der Waals surface area contributed by atoms with Gasteiger partial charge in [-0.1, -0.05) is 5.16 Å². The molecule has 0 saturated carbocycles. The fourth-order valence-corrected chi connectivity index (χ4v) is 1.56. The molecule has 0 aliphatic rings. The van der Waals surface area contributed by atoms with E-state index in [9.17, 15) is 4.39 Å². The highest BCUT2D eigenvalue weighted by atomic mass is 19.1. The average Bonchev–Trinajstić information content (AvgIpc) is 2.38. The lowest BCUT2D eigenvalue weighted by Gasteiger charge is -2.05. The lowest BCUT2D eigenvalue weighted by molar-refractivity contribution is 0.318. The number of nitrogens with zero attached hydrogens (tertiary/aromatic N) is 3. The second-order valence-electron chi connectivity index (χ2n) is 3.71. The summed E-state index contributed by atoms with van der Waals surface area (Å²) in [5.74, 6) is -0.0150. The molecule has 0 unspecified atom stereocenters. The van der Waals surface area contributed by atoms with Crippen LogP contribution in [0.2, 0.25) is 0 Å². The van der Waals surface area contributed by atoms with Gasteiger partial charge in [0, 0.05) is 11.8 Å². The van der Waals surface area contributed by atoms with Crippen molar-refractivity contribution in [2.24, 2.45) is 10.9 Å². The van der Waals surface area contributed by atoms with Gasteiger partial charge in [-0.15, -0.1) is 0 Å². The Morgan fingerprint density at radius 2 is 2.17 bits per heavy atom. The molecule has 0 saturated heterocycles. The summed E-state index contributed by atoms with van der Waals surface area (Å²) < 4.78 is 13.0. The van der Waals surface area contributed by atoms with Crippen LogP contribution in [-0.4, -0.2) is 21.0 Å². The molecule has 0 atom stereocenters. The summed E-state index contributed by atoms with van der Waals surface area (Å²) in [6.45, 7) is 1.76. The van der Waals surface area contributed by atoms with Gasteiger partial charge < -0.3 is 10.9 Å². The monoisotopic (exact) mass is 246 g/mol. The number of benzene rings is 1. The Kier molecular flexibility index (Phi) is 3.18. The number of oxime groups is 1. The normalized spacial score (nSPS) is 11.6. The molecule has 92 valence electrons. The predicted octanol–water partition coefficient (Wildman–Crippen LogP) is 1.69. The van der Waals surface area contributed by atoms with Gasteiger partial charge in [0.1, 0.15) is 11.5 Å². The van der Waals surface area contributed by atoms with Crippen LogP contribution in [0.1, 0.15) is 11.3 Å². The van der Waals surface area contributed by atoms with Crippen LogP contribution in [0.5, 0.6) is 0 Å². The Balaban J connectivity index is 2.51. The topological polar surface area (TPSA) is 84.4 Å². The first kappa shape index (κ1) is 12.0. The summed E-state index contributed by atoms with van der Waals surface area (Å²) in [5.41, 5.74) is 7.18. The molecule has 1 aromatic heterocycles. The molecule has 2 rings (SSSR count). The first-order valence-corrected chi connectivity index (χ1v) is 5.19. The molecular weight excluding hydrogens is 235 g/mol. The van der Waals surface area contributed by atoms with Crippen molar-refractivity contribution in [3.63, 3.8) is 0 Å². The van der Waals surface area contributed by atoms with E-state index in [0.717, 1.165) is 0 Å². The first-order valence-electron chi connectivity index (χ1n) is 5.19. The van der Waals surface area contributed by atoms with Gasteiger partial charge in [-0.05, 0) is 36.8 Å². The Hall–Kier alpha value is -2.50. The van der Waals surface area contributed by atoms with E-state index in [1.807, 2.05) is 0 Å². The number of aromatic nitrogens is 2. The van der Waals surface area contributed by atoms with Gasteiger partial charge in [-0.3, -0.25) is 0 Å². The smallest absolute Gasteiger partial charge is 0.188 e. The highest BCUT2D eigenvalue weighted by Gasteiger charge is 2.08. The lowest BCUT2D eigenvalue weighted by atomic mass is 10.1. The molecule has 0 spiro atoms. The second kappa shape index (κ2) is 4.79. The maximum absolute atomic E-state index is 13.0. The Morgan fingerprint density at radius 1 is 1.39 bits per heavy atom. The van der Waals surface area contributed by atoms with Gasteiger partial charge in [0.15, 0.2) is 11.7 Å². The molecule has 1 aromatic carbocycles. The molecule has 0 radical (unpaired) electrons. The zero-order valence-electron chi connectivity index (χ0n) is 9.63. The van der Waals surface area contributed by atoms with Crippen LogP contribution in [0, 0.1) is 12.7 Å². The van der Waals surface area contributed by atoms with Crippen molar-refractivity contribution in [2.45, 2.75) is 6.92 Å². The first-order chi connectivity index (χ1) is 8.61. The summed E-state index contributed by atoms with van der Waals surface area (Å²) >= 11 is 0. The van der Waals surface area contributed by atoms with E-state index in [0.29, 0.717) is 22.6 Å². The molecule has 2 aromatic rings. The van der Waals surface area contributed by atoms with Crippen LogP contribution in [0.15, 0.2) is 35.6 Å². The molecule has 0 aliphatic carbocycles. The number of amidine groups is 1. The number of aryl methyl sites for hydroxylation is 1. The third-order valence-corrected chi connectivity index (χ3v) is 2.46. The van der Waals surface area contributed by atoms with Crippen LogP contribution >= 0.6 is 0 Å². The summed E-state index contributed by atoms with van der Waals surface area (Å²) in [6, 6.07) is 5.85. The van der Waals surface area contributed by atoms with Crippen LogP contribution in [0.25, 0.3) is 11.4 Å². The maximum atomic E-state index is 13.0. The standard InChI is InChI=1S/C12H11FN4O/c1-7-6-8(13)2-3-9(7)12-15-5-4-10(16-12)11(14)17-18/h2-6,18H,1H3,(H2,14,17). The minimum Gasteiger partial charge on any atom is -0.409 e. The number of halogens is 1. The molecule has 0 bridgehead atoms. The molecule has 18 heavy (non-hydrogen) atoms. The molecule has 6 heteroatoms. The number of hydrogen-bond donors (Lipinski definition) is 2. The van der Waals surface area contributed by atoms with E-state index < -0.39 is 0 Å². The van der Waals surface area contributed by atoms with E-state index in [2.05, 4.69) is 15.1 Å². The Morgan fingerprint density at radius 3 is 2.83 bits per heavy atom. The van der Waals surface area contributed by atoms with Gasteiger partial charge in [0.25, 0.3) is 0 Å². The van der Waals surface area contributed by atoms with Gasteiger partial charge in [0.05, 0.1) is 0 Å². The van der Waals surface area contributed by atoms with Gasteiger partial charge >= 0.3 is 0 Å². The molecule has 3 N–H and O–H groups in total. The van der Waals surface area contributed by atoms with Crippen molar-refractivity contribution in [3.05, 3.63) is 47.5 Å². The number of nitrogens with two attached hydrogens (primary N) is 1. The zero-order chi connectivity index (χ0) is 13.1. The van der Waals surface area contributed by atoms with Crippen molar-refractivity contribution in [1.29, 1.82) is 0 Å². The van der Waals surface area contributed by atoms with Crippen molar-refractivity contribution in [2.75, 3.05) is 0 Å². The Bertz CT molecular complexity index is 613. The van der Waals surface area contributed by atoms with E-state index in [1.54, 1.807) is 13.0 Å². The summed E-state index contributed by atoms with van der Waals surface area (Å²) in [5, 5.41) is 11.5. The molecule has 0 fully saturated rings. The quantitative estimate of drug-likeness (QED) is 0.365. The van der Waals surface area contributed by atoms with E-state index in [1.165, 1.54) is 24.4 Å². The third kappa shape index (κ3) is 2.27. The Labute approximate surface area is 103 Å². The largest absolute Gasteiger partial charge is 0.409 e. The highest BCUT2D eigenvalue weighted by Crippen LogP contribution is 2.20. The van der Waals surface area contributed by atoms with E-state index >= 15 is 0 Å². The van der Waals surface area contributed by atoms with E-state index in [-0.39, 0.29) is 11.7 Å². The van der Waals surface area contributed by atoms with Gasteiger partial charge in [0.2, 0.25) is 0 Å². The second-order valence-corrected chi connectivity index (χ2v) is 3.71. The van der Waals surface area contributed by atoms with Crippen LogP contribution in [-0.2, 0) is 0 Å². The van der Waals surface area contributed by atoms with Gasteiger partial charge in [-0.2, -0.15) is 0 Å². The van der Waals surface area contributed by atoms with Crippen molar-refractivity contribution < 1.29 is 9.60 Å². The minimum atomic E-state index is -0.316. The third-order valence-electron chi connectivity index (χ3n) is 2.46. The lowest BCUT2D eigenvalue weighted by Crippen LogP contribution is -2.15. The summed E-state index contributed by atoms with van der Waals surface area (Å²) in [6.07, 6.45) is 1.50. The van der Waals surface area contributed by atoms with Crippen molar-refractivity contribution >= 4 is 5.84 Å². The van der Waals surface area contributed by atoms with Gasteiger partial charge in [-0.25, -0.2) is 14.4 Å². The number of rotatable bonds is 2. The van der Waals surface area contributed by atoms with Crippen molar-refractivity contribution in [3.8, 4) is 11.4 Å². The predicted molar refractivity (Wildman–Crippen MR) is 64.7 cm³/mol. The average molecular weight is 246 g/mol. The zero-order valence-corrected chi connectivity index (χ0v) is 9.63. The van der Waals surface area contributed by atoms with Crippen LogP contribution < -0.4 is 5.73 Å². The summed E-state index contributed by atoms with van der Waals surface area (Å²) in [4.78, 5) is 8.25. The fraction of sp³-hybridized carbons (Fsp3) is 0.0833. The maximum Gasteiger partial charge on any atom is 0.188 e. The fourth-order valence-electron chi connectivity index (χ4n) is 1.56. The SMILES string of the molecule is Cc1cc(F)ccc1-c1nccc(/C(N)=N/O)n1. The molecule has 5 nitrogen and oxygen atoms in total. The van der Waals surface area contributed by atoms with Crippen LogP contribution in [0.4, 0.5) is 4.39 Å². The molecule has 0 aliphatic heterocycles. The molecule has 1 heterocycles. The molecular formula is C12H11FN4O. The van der Waals surface area contributed by atoms with E-state index in [4.69, 9.17) is 10.9 Å².